The SMILES string of the molecule is COc1ccc(C(C)CNC2CCCCC2)cc1. The van der Waals surface area contributed by atoms with E-state index in [0.29, 0.717) is 5.92 Å². The molecule has 100 valence electrons. The molecule has 1 saturated carbocycles. The van der Waals surface area contributed by atoms with Gasteiger partial charge in [0.25, 0.3) is 0 Å². The number of hydrogen-bond acceptors (Lipinski definition) is 2. The summed E-state index contributed by atoms with van der Waals surface area (Å²) in [6.45, 7) is 3.37. The normalized spacial score (nSPS) is 18.6. The van der Waals surface area contributed by atoms with Crippen molar-refractivity contribution in [3.8, 4) is 5.75 Å². The molecule has 0 aliphatic heterocycles. The van der Waals surface area contributed by atoms with Gasteiger partial charge in [0.15, 0.2) is 0 Å². The van der Waals surface area contributed by atoms with Crippen LogP contribution in [0.1, 0.15) is 50.5 Å². The second-order valence-electron chi connectivity index (χ2n) is 5.42. The Bertz CT molecular complexity index is 341. The zero-order valence-electron chi connectivity index (χ0n) is 11.6. The van der Waals surface area contributed by atoms with Crippen molar-refractivity contribution < 1.29 is 4.74 Å². The maximum atomic E-state index is 5.19. The van der Waals surface area contributed by atoms with E-state index < -0.39 is 0 Å². The standard InChI is InChI=1S/C16H25NO/c1-13(12-17-15-6-4-3-5-7-15)14-8-10-16(18-2)11-9-14/h8-11,13,15,17H,3-7,12H2,1-2H3. The predicted molar refractivity (Wildman–Crippen MR) is 76.3 cm³/mol. The molecule has 0 spiro atoms. The fraction of sp³-hybridized carbons (Fsp3) is 0.625. The van der Waals surface area contributed by atoms with E-state index in [1.807, 2.05) is 12.1 Å². The molecule has 0 radical (unpaired) electrons. The predicted octanol–water partition coefficient (Wildman–Crippen LogP) is 3.72. The molecular weight excluding hydrogens is 222 g/mol. The summed E-state index contributed by atoms with van der Waals surface area (Å²) in [5.74, 6) is 1.50. The van der Waals surface area contributed by atoms with E-state index in [1.165, 1.54) is 37.7 Å². The lowest BCUT2D eigenvalue weighted by Gasteiger charge is -2.24. The second kappa shape index (κ2) is 6.79. The number of methoxy groups -OCH3 is 1. The molecule has 0 bridgehead atoms. The number of nitrogens with one attached hydrogen (secondary N) is 1. The smallest absolute Gasteiger partial charge is 0.118 e. The molecule has 1 unspecified atom stereocenters. The van der Waals surface area contributed by atoms with Gasteiger partial charge in [0.2, 0.25) is 0 Å². The van der Waals surface area contributed by atoms with E-state index in [4.69, 9.17) is 4.74 Å². The maximum absolute atomic E-state index is 5.19. The van der Waals surface area contributed by atoms with Crippen molar-refractivity contribution >= 4 is 0 Å². The van der Waals surface area contributed by atoms with Crippen LogP contribution in [0.3, 0.4) is 0 Å². The van der Waals surface area contributed by atoms with Crippen LogP contribution in [0.2, 0.25) is 0 Å². The van der Waals surface area contributed by atoms with E-state index in [0.717, 1.165) is 18.3 Å². The summed E-state index contributed by atoms with van der Waals surface area (Å²) >= 11 is 0. The molecule has 18 heavy (non-hydrogen) atoms. The Hall–Kier alpha value is -1.02. The fourth-order valence-electron chi connectivity index (χ4n) is 2.70. The Kier molecular flexibility index (Phi) is 5.06. The molecule has 1 fully saturated rings. The van der Waals surface area contributed by atoms with Crippen molar-refractivity contribution in [1.29, 1.82) is 0 Å². The van der Waals surface area contributed by atoms with Gasteiger partial charge in [0.05, 0.1) is 7.11 Å². The van der Waals surface area contributed by atoms with Gasteiger partial charge in [0.1, 0.15) is 5.75 Å². The molecule has 1 aromatic carbocycles. The van der Waals surface area contributed by atoms with Crippen LogP contribution in [0.25, 0.3) is 0 Å². The average molecular weight is 247 g/mol. The van der Waals surface area contributed by atoms with Crippen molar-refractivity contribution in [3.05, 3.63) is 29.8 Å². The van der Waals surface area contributed by atoms with Gasteiger partial charge >= 0.3 is 0 Å². The summed E-state index contributed by atoms with van der Waals surface area (Å²) in [5.41, 5.74) is 1.39. The van der Waals surface area contributed by atoms with Gasteiger partial charge in [-0.15, -0.1) is 0 Å². The minimum absolute atomic E-state index is 0.567. The lowest BCUT2D eigenvalue weighted by molar-refractivity contribution is 0.367. The van der Waals surface area contributed by atoms with Crippen molar-refractivity contribution in [3.63, 3.8) is 0 Å². The first-order valence-corrected chi connectivity index (χ1v) is 7.17. The molecule has 0 aromatic heterocycles. The van der Waals surface area contributed by atoms with Crippen molar-refractivity contribution in [1.82, 2.24) is 5.32 Å². The highest BCUT2D eigenvalue weighted by atomic mass is 16.5. The van der Waals surface area contributed by atoms with E-state index in [2.05, 4.69) is 24.4 Å². The molecule has 1 aliphatic carbocycles. The van der Waals surface area contributed by atoms with E-state index >= 15 is 0 Å². The van der Waals surface area contributed by atoms with Crippen molar-refractivity contribution in [2.24, 2.45) is 0 Å². The third kappa shape index (κ3) is 3.74. The highest BCUT2D eigenvalue weighted by Gasteiger charge is 2.14. The number of ether oxygens (including phenoxy) is 1. The fourth-order valence-corrected chi connectivity index (χ4v) is 2.70. The molecule has 0 heterocycles. The molecule has 2 nitrogen and oxygen atoms in total. The average Bonchev–Trinajstić information content (AvgIpc) is 2.46. The number of hydrogen-bond donors (Lipinski definition) is 1. The first kappa shape index (κ1) is 13.4. The Morgan fingerprint density at radius 2 is 1.83 bits per heavy atom. The first-order chi connectivity index (χ1) is 8.79. The molecule has 1 atom stereocenters. The zero-order valence-corrected chi connectivity index (χ0v) is 11.6. The van der Waals surface area contributed by atoms with Gasteiger partial charge in [-0.3, -0.25) is 0 Å². The molecule has 1 N–H and O–H groups in total. The van der Waals surface area contributed by atoms with E-state index in [9.17, 15) is 0 Å². The Labute approximate surface area is 111 Å². The van der Waals surface area contributed by atoms with Gasteiger partial charge in [-0.05, 0) is 36.5 Å². The lowest BCUT2D eigenvalue weighted by Crippen LogP contribution is -2.33. The Morgan fingerprint density at radius 1 is 1.17 bits per heavy atom. The third-order valence-electron chi connectivity index (χ3n) is 4.00. The maximum Gasteiger partial charge on any atom is 0.118 e. The van der Waals surface area contributed by atoms with Crippen molar-refractivity contribution in [2.45, 2.75) is 51.0 Å². The number of benzene rings is 1. The van der Waals surface area contributed by atoms with Crippen LogP contribution >= 0.6 is 0 Å². The van der Waals surface area contributed by atoms with Gasteiger partial charge in [-0.1, -0.05) is 38.3 Å². The quantitative estimate of drug-likeness (QED) is 0.856. The number of rotatable bonds is 5. The van der Waals surface area contributed by atoms with E-state index in [-0.39, 0.29) is 0 Å². The largest absolute Gasteiger partial charge is 0.497 e. The molecule has 0 saturated heterocycles. The monoisotopic (exact) mass is 247 g/mol. The van der Waals surface area contributed by atoms with Gasteiger partial charge in [-0.25, -0.2) is 0 Å². The van der Waals surface area contributed by atoms with Crippen LogP contribution < -0.4 is 10.1 Å². The topological polar surface area (TPSA) is 21.3 Å². The van der Waals surface area contributed by atoms with Crippen LogP contribution in [0.5, 0.6) is 5.75 Å². The minimum atomic E-state index is 0.567. The zero-order chi connectivity index (χ0) is 12.8. The van der Waals surface area contributed by atoms with Crippen LogP contribution in [-0.4, -0.2) is 19.7 Å². The third-order valence-corrected chi connectivity index (χ3v) is 4.00. The van der Waals surface area contributed by atoms with Crippen LogP contribution in [-0.2, 0) is 0 Å². The highest BCUT2D eigenvalue weighted by molar-refractivity contribution is 5.29. The van der Waals surface area contributed by atoms with Gasteiger partial charge < -0.3 is 10.1 Å². The molecule has 2 heteroatoms. The van der Waals surface area contributed by atoms with Crippen molar-refractivity contribution in [2.75, 3.05) is 13.7 Å². The van der Waals surface area contributed by atoms with Crippen LogP contribution in [0.15, 0.2) is 24.3 Å². The molecule has 2 rings (SSSR count). The molecule has 1 aromatic rings. The van der Waals surface area contributed by atoms with Gasteiger partial charge in [0, 0.05) is 12.6 Å². The summed E-state index contributed by atoms with van der Waals surface area (Å²) in [4.78, 5) is 0. The first-order valence-electron chi connectivity index (χ1n) is 7.17. The molecule has 0 amide bonds. The Morgan fingerprint density at radius 3 is 2.44 bits per heavy atom. The molecule has 1 aliphatic rings. The highest BCUT2D eigenvalue weighted by Crippen LogP contribution is 2.21. The summed E-state index contributed by atoms with van der Waals surface area (Å²) in [7, 11) is 1.71. The van der Waals surface area contributed by atoms with Gasteiger partial charge in [-0.2, -0.15) is 0 Å². The summed E-state index contributed by atoms with van der Waals surface area (Å²) < 4.78 is 5.19. The molecular formula is C16H25NO. The minimum Gasteiger partial charge on any atom is -0.497 e. The summed E-state index contributed by atoms with van der Waals surface area (Å²) in [5, 5.41) is 3.72. The second-order valence-corrected chi connectivity index (χ2v) is 5.42. The Balaban J connectivity index is 1.80. The summed E-state index contributed by atoms with van der Waals surface area (Å²) in [6.07, 6.45) is 6.93. The van der Waals surface area contributed by atoms with E-state index in [1.54, 1.807) is 7.11 Å². The summed E-state index contributed by atoms with van der Waals surface area (Å²) in [6, 6.07) is 9.19. The van der Waals surface area contributed by atoms with Crippen LogP contribution in [0.4, 0.5) is 0 Å². The van der Waals surface area contributed by atoms with Crippen LogP contribution in [0, 0.1) is 0 Å². The lowest BCUT2D eigenvalue weighted by atomic mass is 9.94.